The van der Waals surface area contributed by atoms with Gasteiger partial charge in [0, 0.05) is 42.9 Å². The smallest absolute Gasteiger partial charge is 0.242 e. The number of nitrogens with one attached hydrogen (secondary N) is 3. The molecule has 9 heteroatoms. The third-order valence-electron chi connectivity index (χ3n) is 8.41. The second kappa shape index (κ2) is 11.8. The number of carbonyl (C=O) groups excluding carboxylic acids is 3. The Balaban J connectivity index is 1.50. The maximum atomic E-state index is 13.8. The van der Waals surface area contributed by atoms with E-state index in [1.807, 2.05) is 18.7 Å². The molecule has 0 bridgehead atoms. The first-order chi connectivity index (χ1) is 17.7. The van der Waals surface area contributed by atoms with E-state index in [0.717, 1.165) is 29.8 Å². The fourth-order valence-electron chi connectivity index (χ4n) is 5.90. The van der Waals surface area contributed by atoms with Gasteiger partial charge in [0.25, 0.3) is 0 Å². The van der Waals surface area contributed by atoms with Gasteiger partial charge in [-0.3, -0.25) is 19.5 Å². The Bertz CT molecular complexity index is 989. The number of aromatic nitrogens is 2. The summed E-state index contributed by atoms with van der Waals surface area (Å²) in [7, 11) is 0. The third-order valence-corrected chi connectivity index (χ3v) is 8.41. The van der Waals surface area contributed by atoms with E-state index in [1.54, 1.807) is 0 Å². The van der Waals surface area contributed by atoms with Crippen LogP contribution in [0, 0.1) is 31.1 Å². The highest BCUT2D eigenvalue weighted by molar-refractivity contribution is 5.90. The lowest BCUT2D eigenvalue weighted by Gasteiger charge is -2.41. The predicted molar refractivity (Wildman–Crippen MR) is 141 cm³/mol. The molecule has 4 heterocycles. The fraction of sp³-hybridized carbons (Fsp3) is 0.714. The highest BCUT2D eigenvalue weighted by Gasteiger charge is 2.43. The van der Waals surface area contributed by atoms with Gasteiger partial charge in [0.2, 0.25) is 17.7 Å². The molecule has 1 aromatic rings. The first kappa shape index (κ1) is 27.4. The molecule has 3 atom stereocenters. The zero-order chi connectivity index (χ0) is 26.6. The van der Waals surface area contributed by atoms with Crippen LogP contribution in [0.4, 0.5) is 0 Å². The van der Waals surface area contributed by atoms with Crippen LogP contribution in [0.15, 0.2) is 12.2 Å². The predicted octanol–water partition coefficient (Wildman–Crippen LogP) is 2.58. The van der Waals surface area contributed by atoms with Gasteiger partial charge in [0.05, 0.1) is 24.1 Å². The maximum Gasteiger partial charge on any atom is 0.242 e. The van der Waals surface area contributed by atoms with Crippen molar-refractivity contribution in [3.8, 4) is 0 Å². The zero-order valence-corrected chi connectivity index (χ0v) is 22.8. The number of aryl methyl sites for hydroxylation is 2. The molecule has 2 fully saturated rings. The normalized spacial score (nSPS) is 27.6. The molecule has 3 aliphatic rings. The van der Waals surface area contributed by atoms with E-state index in [1.165, 1.54) is 0 Å². The zero-order valence-electron chi connectivity index (χ0n) is 22.8. The summed E-state index contributed by atoms with van der Waals surface area (Å²) < 4.78 is 5.70. The summed E-state index contributed by atoms with van der Waals surface area (Å²) in [5.41, 5.74) is 2.09. The number of aromatic amines is 1. The fourth-order valence-corrected chi connectivity index (χ4v) is 5.90. The number of allylic oxidation sites excluding steroid dienone is 2. The van der Waals surface area contributed by atoms with Crippen LogP contribution in [0.1, 0.15) is 69.3 Å². The van der Waals surface area contributed by atoms with Crippen molar-refractivity contribution in [3.05, 3.63) is 29.1 Å². The van der Waals surface area contributed by atoms with Crippen LogP contribution in [-0.2, 0) is 25.5 Å². The minimum atomic E-state index is -0.633. The van der Waals surface area contributed by atoms with Crippen molar-refractivity contribution < 1.29 is 19.1 Å². The SMILES string of the molecule is Cc1n[nH]c(C)c1CC(=O)N1CCC2(C/C=C/C[C@@H]3COCC[C@@H]3NC(=O)[C@H](CC(C)C)NC2=O)CC1. The van der Waals surface area contributed by atoms with Crippen molar-refractivity contribution >= 4 is 17.7 Å². The van der Waals surface area contributed by atoms with Gasteiger partial charge in [-0.05, 0) is 58.3 Å². The van der Waals surface area contributed by atoms with Crippen molar-refractivity contribution in [1.82, 2.24) is 25.7 Å². The van der Waals surface area contributed by atoms with Crippen LogP contribution in [-0.4, -0.2) is 71.2 Å². The molecule has 1 spiro atoms. The van der Waals surface area contributed by atoms with Gasteiger partial charge in [-0.15, -0.1) is 0 Å². The largest absolute Gasteiger partial charge is 0.381 e. The first-order valence-corrected chi connectivity index (χ1v) is 13.8. The van der Waals surface area contributed by atoms with Crippen LogP contribution >= 0.6 is 0 Å². The van der Waals surface area contributed by atoms with Gasteiger partial charge in [-0.25, -0.2) is 0 Å². The lowest BCUT2D eigenvalue weighted by Crippen LogP contribution is -2.57. The van der Waals surface area contributed by atoms with Crippen molar-refractivity contribution in [1.29, 1.82) is 0 Å². The molecule has 3 amide bonds. The Morgan fingerprint density at radius 1 is 1.19 bits per heavy atom. The molecule has 4 rings (SSSR count). The number of H-pyrrole nitrogens is 1. The summed E-state index contributed by atoms with van der Waals surface area (Å²) in [6, 6.07) is -0.509. The summed E-state index contributed by atoms with van der Waals surface area (Å²) >= 11 is 0. The standard InChI is InChI=1S/C28H43N5O4/c1-18(2)15-24-26(35)29-23-8-14-37-17-21(23)7-5-6-9-28(27(36)30-24)10-12-33(13-11-28)25(34)16-22-19(3)31-32-20(22)4/h5-6,18,21,23-24H,7-17H2,1-4H3,(H,29,35)(H,30,36)(H,31,32)/b6-5+/t21-,23+,24+/m1/s1. The van der Waals surface area contributed by atoms with Gasteiger partial charge in [-0.2, -0.15) is 5.10 Å². The van der Waals surface area contributed by atoms with E-state index in [0.29, 0.717) is 58.4 Å². The van der Waals surface area contributed by atoms with Gasteiger partial charge in [-0.1, -0.05) is 26.0 Å². The second-order valence-electron chi connectivity index (χ2n) is 11.6. The molecular formula is C28H43N5O4. The molecule has 0 radical (unpaired) electrons. The Labute approximate surface area is 220 Å². The number of ether oxygens (including phenoxy) is 1. The molecule has 204 valence electrons. The number of hydrogen-bond acceptors (Lipinski definition) is 5. The van der Waals surface area contributed by atoms with E-state index in [2.05, 4.69) is 46.8 Å². The maximum absolute atomic E-state index is 13.8. The Kier molecular flexibility index (Phi) is 8.72. The molecule has 0 aromatic carbocycles. The first-order valence-electron chi connectivity index (χ1n) is 13.8. The van der Waals surface area contributed by atoms with Gasteiger partial charge < -0.3 is 20.3 Å². The van der Waals surface area contributed by atoms with Crippen LogP contribution in [0.25, 0.3) is 0 Å². The molecule has 3 aliphatic heterocycles. The van der Waals surface area contributed by atoms with Crippen LogP contribution in [0.5, 0.6) is 0 Å². The lowest BCUT2D eigenvalue weighted by atomic mass is 9.74. The van der Waals surface area contributed by atoms with Crippen LogP contribution < -0.4 is 10.6 Å². The number of amides is 3. The number of carbonyl (C=O) groups is 3. The summed E-state index contributed by atoms with van der Waals surface area (Å²) in [6.07, 6.45) is 8.52. The number of likely N-dealkylation sites (tertiary alicyclic amines) is 1. The molecule has 3 N–H and O–H groups in total. The number of hydrogen-bond donors (Lipinski definition) is 3. The van der Waals surface area contributed by atoms with Crippen LogP contribution in [0.3, 0.4) is 0 Å². The van der Waals surface area contributed by atoms with Crippen molar-refractivity contribution in [2.45, 2.75) is 84.7 Å². The number of nitrogens with zero attached hydrogens (tertiary/aromatic N) is 2. The van der Waals surface area contributed by atoms with Crippen LogP contribution in [0.2, 0.25) is 0 Å². The quantitative estimate of drug-likeness (QED) is 0.535. The summed E-state index contributed by atoms with van der Waals surface area (Å²) in [5, 5.41) is 13.5. The second-order valence-corrected chi connectivity index (χ2v) is 11.6. The monoisotopic (exact) mass is 513 g/mol. The number of fused-ring (bicyclic) bond motifs is 1. The van der Waals surface area contributed by atoms with Crippen molar-refractivity contribution in [3.63, 3.8) is 0 Å². The molecule has 0 unspecified atom stereocenters. The van der Waals surface area contributed by atoms with E-state index in [9.17, 15) is 14.4 Å². The molecule has 2 saturated heterocycles. The molecular weight excluding hydrogens is 470 g/mol. The molecule has 0 aliphatic carbocycles. The Morgan fingerprint density at radius 3 is 2.62 bits per heavy atom. The summed E-state index contributed by atoms with van der Waals surface area (Å²) in [5.74, 6) is 0.383. The highest BCUT2D eigenvalue weighted by atomic mass is 16.5. The Hall–Kier alpha value is -2.68. The van der Waals surface area contributed by atoms with Crippen molar-refractivity contribution in [2.75, 3.05) is 26.3 Å². The minimum absolute atomic E-state index is 0.0580. The van der Waals surface area contributed by atoms with E-state index in [4.69, 9.17) is 4.74 Å². The summed E-state index contributed by atoms with van der Waals surface area (Å²) in [4.78, 5) is 42.1. The molecule has 1 aromatic heterocycles. The average molecular weight is 514 g/mol. The van der Waals surface area contributed by atoms with Gasteiger partial charge in [0.15, 0.2) is 0 Å². The number of piperidine rings is 1. The van der Waals surface area contributed by atoms with Crippen molar-refractivity contribution in [2.24, 2.45) is 17.3 Å². The van der Waals surface area contributed by atoms with Gasteiger partial charge >= 0.3 is 0 Å². The molecule has 37 heavy (non-hydrogen) atoms. The van der Waals surface area contributed by atoms with Gasteiger partial charge in [0.1, 0.15) is 6.04 Å². The Morgan fingerprint density at radius 2 is 1.95 bits per heavy atom. The average Bonchev–Trinajstić information content (AvgIpc) is 3.18. The number of rotatable bonds is 4. The van der Waals surface area contributed by atoms with E-state index < -0.39 is 11.5 Å². The topological polar surface area (TPSA) is 116 Å². The molecule has 0 saturated carbocycles. The highest BCUT2D eigenvalue weighted by Crippen LogP contribution is 2.37. The minimum Gasteiger partial charge on any atom is -0.381 e. The van der Waals surface area contributed by atoms with E-state index >= 15 is 0 Å². The third kappa shape index (κ3) is 6.43. The van der Waals surface area contributed by atoms with E-state index in [-0.39, 0.29) is 35.6 Å². The lowest BCUT2D eigenvalue weighted by molar-refractivity contribution is -0.142. The molecule has 9 nitrogen and oxygen atoms in total. The summed E-state index contributed by atoms with van der Waals surface area (Å²) in [6.45, 7) is 10.3.